The fourth-order valence-corrected chi connectivity index (χ4v) is 5.14. The maximum Gasteiger partial charge on any atom is 0.338 e. The molecule has 0 aromatic heterocycles. The van der Waals surface area contributed by atoms with Crippen molar-refractivity contribution in [3.8, 4) is 11.5 Å². The zero-order valence-electron chi connectivity index (χ0n) is 23.4. The first-order valence-electron chi connectivity index (χ1n) is 13.1. The Morgan fingerprint density at radius 1 is 1.07 bits per heavy atom. The van der Waals surface area contributed by atoms with Crippen LogP contribution in [0.15, 0.2) is 53.7 Å². The average molecular weight is 555 g/mol. The van der Waals surface area contributed by atoms with E-state index in [1.165, 1.54) is 43.4 Å². The predicted octanol–water partition coefficient (Wildman–Crippen LogP) is 3.20. The molecule has 2 aromatic rings. The second kappa shape index (κ2) is 12.4. The molecule has 2 atom stereocenters. The van der Waals surface area contributed by atoms with E-state index in [9.17, 15) is 18.8 Å². The minimum absolute atomic E-state index is 0.157. The van der Waals surface area contributed by atoms with Crippen LogP contribution in [-0.2, 0) is 9.53 Å². The lowest BCUT2D eigenvalue weighted by molar-refractivity contribution is -0.139. The molecule has 0 bridgehead atoms. The van der Waals surface area contributed by atoms with E-state index in [1.54, 1.807) is 37.1 Å². The standard InChI is InChI=1S/C29H35FN4O6/c1-6-40-28(36)25-23(32(3)29(37)31-26(25)22-15-21(38-4)11-12-24(22)39-5)17-33-13-14-34(18(2)16-33)27(35)19-7-9-20(30)10-8-19/h7-12,15,18,26H,6,13-14,16-17H2,1-5H3,(H,31,37). The zero-order valence-corrected chi connectivity index (χ0v) is 23.4. The lowest BCUT2D eigenvalue weighted by atomic mass is 9.93. The third-order valence-corrected chi connectivity index (χ3v) is 7.26. The molecule has 3 amide bonds. The molecule has 0 saturated carbocycles. The molecular formula is C29H35FN4O6. The van der Waals surface area contributed by atoms with Crippen LogP contribution in [0.25, 0.3) is 0 Å². The smallest absolute Gasteiger partial charge is 0.338 e. The third kappa shape index (κ3) is 5.89. The van der Waals surface area contributed by atoms with Crippen LogP contribution in [-0.4, -0.2) is 92.7 Å². The second-order valence-electron chi connectivity index (χ2n) is 9.72. The molecule has 2 unspecified atom stereocenters. The number of rotatable bonds is 8. The van der Waals surface area contributed by atoms with Gasteiger partial charge in [-0.15, -0.1) is 0 Å². The van der Waals surface area contributed by atoms with Gasteiger partial charge in [-0.05, 0) is 56.3 Å². The molecule has 1 N–H and O–H groups in total. The van der Waals surface area contributed by atoms with Crippen molar-refractivity contribution in [3.63, 3.8) is 0 Å². The van der Waals surface area contributed by atoms with Crippen molar-refractivity contribution in [2.24, 2.45) is 0 Å². The van der Waals surface area contributed by atoms with Crippen molar-refractivity contribution in [3.05, 3.63) is 70.7 Å². The summed E-state index contributed by atoms with van der Waals surface area (Å²) in [5, 5.41) is 2.91. The van der Waals surface area contributed by atoms with Gasteiger partial charge in [0.2, 0.25) is 0 Å². The summed E-state index contributed by atoms with van der Waals surface area (Å²) in [4.78, 5) is 44.9. The molecule has 10 nitrogen and oxygen atoms in total. The Labute approximate surface area is 233 Å². The number of ether oxygens (including phenoxy) is 3. The molecule has 2 aliphatic rings. The molecule has 1 fully saturated rings. The molecule has 214 valence electrons. The van der Waals surface area contributed by atoms with Crippen LogP contribution in [0.2, 0.25) is 0 Å². The number of likely N-dealkylation sites (N-methyl/N-ethyl adjacent to an activating group) is 1. The van der Waals surface area contributed by atoms with Gasteiger partial charge >= 0.3 is 12.0 Å². The topological polar surface area (TPSA) is 101 Å². The largest absolute Gasteiger partial charge is 0.497 e. The summed E-state index contributed by atoms with van der Waals surface area (Å²) in [6.07, 6.45) is 0. The minimum Gasteiger partial charge on any atom is -0.497 e. The Morgan fingerprint density at radius 3 is 2.42 bits per heavy atom. The van der Waals surface area contributed by atoms with Gasteiger partial charge in [0.05, 0.1) is 32.4 Å². The van der Waals surface area contributed by atoms with Crippen LogP contribution in [0.1, 0.15) is 35.8 Å². The summed E-state index contributed by atoms with van der Waals surface area (Å²) in [5.74, 6) is -0.0798. The molecule has 11 heteroatoms. The number of hydrogen-bond acceptors (Lipinski definition) is 7. The number of hydrogen-bond donors (Lipinski definition) is 1. The number of urea groups is 1. The van der Waals surface area contributed by atoms with Gasteiger partial charge in [0, 0.05) is 56.1 Å². The summed E-state index contributed by atoms with van der Waals surface area (Å²) in [5.41, 5.74) is 1.79. The zero-order chi connectivity index (χ0) is 29.0. The third-order valence-electron chi connectivity index (χ3n) is 7.26. The number of piperazine rings is 1. The summed E-state index contributed by atoms with van der Waals surface area (Å²) in [7, 11) is 4.67. The lowest BCUT2D eigenvalue weighted by Gasteiger charge is -2.42. The van der Waals surface area contributed by atoms with Crippen LogP contribution in [0.5, 0.6) is 11.5 Å². The van der Waals surface area contributed by atoms with E-state index < -0.39 is 17.8 Å². The van der Waals surface area contributed by atoms with E-state index >= 15 is 0 Å². The SMILES string of the molecule is CCOC(=O)C1=C(CN2CCN(C(=O)c3ccc(F)cc3)C(C)C2)N(C)C(=O)NC1c1cc(OC)ccc1OC. The number of amides is 3. The maximum absolute atomic E-state index is 13.4. The highest BCUT2D eigenvalue weighted by Crippen LogP contribution is 2.38. The number of benzene rings is 2. The van der Waals surface area contributed by atoms with Crippen molar-refractivity contribution in [2.45, 2.75) is 25.9 Å². The molecule has 2 aromatic carbocycles. The Hall–Kier alpha value is -4.12. The maximum atomic E-state index is 13.4. The van der Waals surface area contributed by atoms with Gasteiger partial charge < -0.3 is 24.4 Å². The summed E-state index contributed by atoms with van der Waals surface area (Å²) >= 11 is 0. The van der Waals surface area contributed by atoms with E-state index in [0.29, 0.717) is 53.5 Å². The quantitative estimate of drug-likeness (QED) is 0.500. The molecule has 40 heavy (non-hydrogen) atoms. The molecular weight excluding hydrogens is 519 g/mol. The molecule has 0 spiro atoms. The van der Waals surface area contributed by atoms with Crippen LogP contribution in [0.4, 0.5) is 9.18 Å². The van der Waals surface area contributed by atoms with Crippen LogP contribution in [0.3, 0.4) is 0 Å². The fraction of sp³-hybridized carbons (Fsp3) is 0.414. The Balaban J connectivity index is 1.65. The van der Waals surface area contributed by atoms with Gasteiger partial charge in [-0.25, -0.2) is 14.0 Å². The monoisotopic (exact) mass is 554 g/mol. The van der Waals surface area contributed by atoms with E-state index in [2.05, 4.69) is 10.2 Å². The first kappa shape index (κ1) is 28.9. The number of halogens is 1. The number of esters is 1. The number of nitrogens with one attached hydrogen (secondary N) is 1. The highest BCUT2D eigenvalue weighted by molar-refractivity contribution is 5.96. The number of methoxy groups -OCH3 is 2. The highest BCUT2D eigenvalue weighted by Gasteiger charge is 2.39. The van der Waals surface area contributed by atoms with Gasteiger partial charge in [-0.2, -0.15) is 0 Å². The fourth-order valence-electron chi connectivity index (χ4n) is 5.14. The summed E-state index contributed by atoms with van der Waals surface area (Å²) in [6.45, 7) is 5.57. The van der Waals surface area contributed by atoms with E-state index in [-0.39, 0.29) is 31.1 Å². The molecule has 2 aliphatic heterocycles. The normalized spacial score (nSPS) is 19.8. The summed E-state index contributed by atoms with van der Waals surface area (Å²) < 4.78 is 29.7. The number of carbonyl (C=O) groups excluding carboxylic acids is 3. The van der Waals surface area contributed by atoms with Crippen molar-refractivity contribution in [2.75, 3.05) is 54.1 Å². The van der Waals surface area contributed by atoms with Gasteiger partial charge in [-0.1, -0.05) is 0 Å². The average Bonchev–Trinajstić information content (AvgIpc) is 2.95. The number of carbonyl (C=O) groups is 3. The Morgan fingerprint density at radius 2 is 1.80 bits per heavy atom. The van der Waals surface area contributed by atoms with Crippen LogP contribution < -0.4 is 14.8 Å². The van der Waals surface area contributed by atoms with E-state index in [4.69, 9.17) is 14.2 Å². The van der Waals surface area contributed by atoms with Gasteiger partial charge in [0.1, 0.15) is 17.3 Å². The van der Waals surface area contributed by atoms with Gasteiger partial charge in [0.25, 0.3) is 5.91 Å². The van der Waals surface area contributed by atoms with Crippen molar-refractivity contribution in [1.82, 2.24) is 20.0 Å². The minimum atomic E-state index is -0.832. The lowest BCUT2D eigenvalue weighted by Crippen LogP contribution is -2.56. The highest BCUT2D eigenvalue weighted by atomic mass is 19.1. The predicted molar refractivity (Wildman–Crippen MR) is 146 cm³/mol. The first-order valence-corrected chi connectivity index (χ1v) is 13.1. The van der Waals surface area contributed by atoms with Crippen LogP contribution in [0, 0.1) is 5.82 Å². The molecule has 4 rings (SSSR count). The molecule has 0 radical (unpaired) electrons. The van der Waals surface area contributed by atoms with E-state index in [0.717, 1.165) is 0 Å². The van der Waals surface area contributed by atoms with Gasteiger partial charge in [-0.3, -0.25) is 14.6 Å². The Kier molecular flexibility index (Phi) is 8.93. The Bertz CT molecular complexity index is 1300. The van der Waals surface area contributed by atoms with E-state index in [1.807, 2.05) is 6.92 Å². The summed E-state index contributed by atoms with van der Waals surface area (Å²) in [6, 6.07) is 9.33. The van der Waals surface area contributed by atoms with Crippen molar-refractivity contribution < 1.29 is 33.0 Å². The second-order valence-corrected chi connectivity index (χ2v) is 9.72. The molecule has 1 saturated heterocycles. The van der Waals surface area contributed by atoms with Crippen molar-refractivity contribution in [1.29, 1.82) is 0 Å². The van der Waals surface area contributed by atoms with Gasteiger partial charge in [0.15, 0.2) is 0 Å². The number of nitrogens with zero attached hydrogens (tertiary/aromatic N) is 3. The van der Waals surface area contributed by atoms with Crippen LogP contribution >= 0.6 is 0 Å². The molecule has 0 aliphatic carbocycles. The van der Waals surface area contributed by atoms with Crippen molar-refractivity contribution >= 4 is 17.9 Å². The first-order chi connectivity index (χ1) is 19.2. The molecule has 2 heterocycles.